The van der Waals surface area contributed by atoms with E-state index in [1.54, 1.807) is 29.9 Å². The molecule has 104 valence electrons. The highest BCUT2D eigenvalue weighted by Crippen LogP contribution is 2.21. The van der Waals surface area contributed by atoms with Crippen molar-refractivity contribution in [3.8, 4) is 0 Å². The summed E-state index contributed by atoms with van der Waals surface area (Å²) in [7, 11) is 0. The summed E-state index contributed by atoms with van der Waals surface area (Å²) in [6.07, 6.45) is 1.55. The van der Waals surface area contributed by atoms with E-state index in [1.807, 2.05) is 0 Å². The summed E-state index contributed by atoms with van der Waals surface area (Å²) in [6, 6.07) is 5.04. The highest BCUT2D eigenvalue weighted by Gasteiger charge is 2.22. The Balaban J connectivity index is 1.88. The van der Waals surface area contributed by atoms with Crippen molar-refractivity contribution in [2.75, 3.05) is 0 Å². The number of aromatic nitrogens is 2. The van der Waals surface area contributed by atoms with Crippen LogP contribution in [0.4, 0.5) is 0 Å². The van der Waals surface area contributed by atoms with Crippen LogP contribution in [0.1, 0.15) is 25.0 Å². The summed E-state index contributed by atoms with van der Waals surface area (Å²) in [4.78, 5) is 37.1. The van der Waals surface area contributed by atoms with Crippen LogP contribution in [-0.2, 0) is 6.54 Å². The number of carbonyl (C=O) groups is 2. The van der Waals surface area contributed by atoms with E-state index in [0.717, 1.165) is 15.1 Å². The molecule has 21 heavy (non-hydrogen) atoms. The zero-order valence-electron chi connectivity index (χ0n) is 10.8. The Morgan fingerprint density at radius 1 is 1.24 bits per heavy atom. The molecule has 0 aliphatic rings. The van der Waals surface area contributed by atoms with Crippen LogP contribution in [-0.4, -0.2) is 28.3 Å². The molecule has 0 aliphatic heterocycles. The molecule has 3 aromatic rings. The maximum Gasteiger partial charge on any atom is 0.261 e. The molecule has 0 atom stereocenters. The van der Waals surface area contributed by atoms with Crippen LogP contribution in [0.5, 0.6) is 0 Å². The van der Waals surface area contributed by atoms with Gasteiger partial charge < -0.3 is 0 Å². The van der Waals surface area contributed by atoms with Crippen LogP contribution in [0.2, 0.25) is 0 Å². The second-order valence-corrected chi connectivity index (χ2v) is 6.21. The van der Waals surface area contributed by atoms with Crippen molar-refractivity contribution >= 4 is 51.2 Å². The molecule has 3 rings (SSSR count). The minimum absolute atomic E-state index is 0.183. The number of Topliss-reactive ketones (excluding diaryl/α,β-unsaturated/α-hetero) is 2. The van der Waals surface area contributed by atoms with Crippen LogP contribution in [0.25, 0.3) is 10.2 Å². The number of ketones is 2. The van der Waals surface area contributed by atoms with E-state index in [0.29, 0.717) is 12.1 Å². The monoisotopic (exact) mass is 315 g/mol. The van der Waals surface area contributed by atoms with Gasteiger partial charge in [0.2, 0.25) is 5.78 Å². The molecular formula is C14H9N3O2S2. The molecule has 2 aromatic heterocycles. The van der Waals surface area contributed by atoms with E-state index >= 15 is 0 Å². The van der Waals surface area contributed by atoms with Gasteiger partial charge in [-0.15, -0.1) is 22.7 Å². The highest BCUT2D eigenvalue weighted by atomic mass is 32.1. The van der Waals surface area contributed by atoms with Crippen LogP contribution in [0, 0.1) is 0 Å². The third kappa shape index (κ3) is 2.65. The molecule has 0 saturated heterocycles. The molecule has 0 unspecified atom stereocenters. The first-order chi connectivity index (χ1) is 10.2. The first-order valence-electron chi connectivity index (χ1n) is 5.98. The van der Waals surface area contributed by atoms with Gasteiger partial charge in [0.1, 0.15) is 0 Å². The van der Waals surface area contributed by atoms with E-state index in [-0.39, 0.29) is 5.01 Å². The normalized spacial score (nSPS) is 10.7. The molecule has 0 bridgehead atoms. The summed E-state index contributed by atoms with van der Waals surface area (Å²) in [5.41, 5.74) is 2.88. The lowest BCUT2D eigenvalue weighted by Gasteiger charge is -1.98. The first-order valence-corrected chi connectivity index (χ1v) is 7.68. The molecule has 0 spiro atoms. The lowest BCUT2D eigenvalue weighted by atomic mass is 10.1. The Bertz CT molecular complexity index is 851. The van der Waals surface area contributed by atoms with Crippen molar-refractivity contribution in [3.05, 3.63) is 45.4 Å². The molecule has 0 N–H and O–H groups in total. The van der Waals surface area contributed by atoms with E-state index in [9.17, 15) is 9.59 Å². The Hall–Kier alpha value is -2.25. The van der Waals surface area contributed by atoms with Gasteiger partial charge >= 0.3 is 0 Å². The van der Waals surface area contributed by atoms with Crippen LogP contribution in [0.15, 0.2) is 34.9 Å². The second-order valence-electron chi connectivity index (χ2n) is 4.21. The Morgan fingerprint density at radius 3 is 2.90 bits per heavy atom. The molecule has 1 aromatic carbocycles. The number of benzene rings is 1. The van der Waals surface area contributed by atoms with Crippen molar-refractivity contribution in [1.82, 2.24) is 9.97 Å². The van der Waals surface area contributed by atoms with Crippen LogP contribution in [0.3, 0.4) is 0 Å². The SMILES string of the molecule is C=NCc1cnc(C(=O)C(=O)c2ccc3ncsc3c2)s1. The average Bonchev–Trinajstić information content (AvgIpc) is 3.14. The van der Waals surface area contributed by atoms with Crippen molar-refractivity contribution < 1.29 is 9.59 Å². The van der Waals surface area contributed by atoms with Gasteiger partial charge in [0.25, 0.3) is 5.78 Å². The van der Waals surface area contributed by atoms with Gasteiger partial charge in [-0.2, -0.15) is 0 Å². The molecule has 0 amide bonds. The van der Waals surface area contributed by atoms with Crippen LogP contribution >= 0.6 is 22.7 Å². The number of nitrogens with zero attached hydrogens (tertiary/aromatic N) is 3. The maximum absolute atomic E-state index is 12.2. The lowest BCUT2D eigenvalue weighted by molar-refractivity contribution is 0.0817. The van der Waals surface area contributed by atoms with Gasteiger partial charge in [-0.25, -0.2) is 9.97 Å². The summed E-state index contributed by atoms with van der Waals surface area (Å²) < 4.78 is 0.879. The second kappa shape index (κ2) is 5.63. The quantitative estimate of drug-likeness (QED) is 0.412. The fraction of sp³-hybridized carbons (Fsp3) is 0.0714. The number of carbonyl (C=O) groups excluding carboxylic acids is 2. The zero-order chi connectivity index (χ0) is 14.8. The van der Waals surface area contributed by atoms with E-state index in [2.05, 4.69) is 21.7 Å². The summed E-state index contributed by atoms with van der Waals surface area (Å²) >= 11 is 2.60. The van der Waals surface area contributed by atoms with E-state index in [4.69, 9.17) is 0 Å². The number of hydrogen-bond donors (Lipinski definition) is 0. The lowest BCUT2D eigenvalue weighted by Crippen LogP contribution is -2.13. The van der Waals surface area contributed by atoms with Crippen LogP contribution < -0.4 is 0 Å². The largest absolute Gasteiger partial charge is 0.295 e. The van der Waals surface area contributed by atoms with E-state index in [1.165, 1.54) is 22.7 Å². The van der Waals surface area contributed by atoms with Gasteiger partial charge in [0.15, 0.2) is 5.01 Å². The fourth-order valence-corrected chi connectivity index (χ4v) is 3.34. The minimum Gasteiger partial charge on any atom is -0.295 e. The first kappa shape index (κ1) is 13.7. The standard InChI is InChI=1S/C14H9N3O2S2/c1-15-5-9-6-16-14(21-9)13(19)12(18)8-2-3-10-11(4-8)20-7-17-10/h2-4,6-7H,1,5H2. The number of hydrogen-bond acceptors (Lipinski definition) is 7. The highest BCUT2D eigenvalue weighted by molar-refractivity contribution is 7.16. The Kier molecular flexibility index (Phi) is 3.68. The predicted octanol–water partition coefficient (Wildman–Crippen LogP) is 3.02. The number of rotatable bonds is 5. The van der Waals surface area contributed by atoms with E-state index < -0.39 is 11.6 Å². The summed E-state index contributed by atoms with van der Waals surface area (Å²) in [6.45, 7) is 3.78. The Morgan fingerprint density at radius 2 is 2.10 bits per heavy atom. The maximum atomic E-state index is 12.2. The molecule has 0 fully saturated rings. The third-order valence-electron chi connectivity index (χ3n) is 2.82. The zero-order valence-corrected chi connectivity index (χ0v) is 12.4. The van der Waals surface area contributed by atoms with Crippen molar-refractivity contribution in [2.24, 2.45) is 4.99 Å². The minimum atomic E-state index is -0.598. The van der Waals surface area contributed by atoms with Gasteiger partial charge in [0, 0.05) is 16.6 Å². The van der Waals surface area contributed by atoms with Gasteiger partial charge in [0.05, 0.1) is 22.3 Å². The van der Waals surface area contributed by atoms with Crippen molar-refractivity contribution in [2.45, 2.75) is 6.54 Å². The molecule has 0 radical (unpaired) electrons. The van der Waals surface area contributed by atoms with Gasteiger partial charge in [-0.1, -0.05) is 0 Å². The number of aliphatic imine (C=N–C) groups is 1. The Labute approximate surface area is 128 Å². The van der Waals surface area contributed by atoms with Gasteiger partial charge in [-0.3, -0.25) is 14.6 Å². The third-order valence-corrected chi connectivity index (χ3v) is 4.59. The predicted molar refractivity (Wildman–Crippen MR) is 83.6 cm³/mol. The topological polar surface area (TPSA) is 72.3 Å². The smallest absolute Gasteiger partial charge is 0.261 e. The molecule has 7 heteroatoms. The molecule has 2 heterocycles. The molecular weight excluding hydrogens is 306 g/mol. The summed E-state index contributed by atoms with van der Waals surface area (Å²) in [5.74, 6) is -1.16. The van der Waals surface area contributed by atoms with Crippen molar-refractivity contribution in [3.63, 3.8) is 0 Å². The summed E-state index contributed by atoms with van der Waals surface area (Å²) in [5, 5.41) is 0.183. The molecule has 0 saturated carbocycles. The number of thiazole rings is 2. The average molecular weight is 315 g/mol. The van der Waals surface area contributed by atoms with Gasteiger partial charge in [-0.05, 0) is 24.9 Å². The van der Waals surface area contributed by atoms with Crippen molar-refractivity contribution in [1.29, 1.82) is 0 Å². The fourth-order valence-electron chi connectivity index (χ4n) is 1.82. The molecule has 5 nitrogen and oxygen atoms in total. The molecule has 0 aliphatic carbocycles. The number of fused-ring (bicyclic) bond motifs is 1.